The maximum Gasteiger partial charge on any atom is 0.257 e. The topological polar surface area (TPSA) is 29.5 Å². The molecule has 1 fully saturated rings. The molecule has 1 heterocycles. The van der Waals surface area contributed by atoms with Gasteiger partial charge in [0.15, 0.2) is 0 Å². The third-order valence-corrected chi connectivity index (χ3v) is 4.36. The zero-order chi connectivity index (χ0) is 13.7. The van der Waals surface area contributed by atoms with Crippen LogP contribution in [0.1, 0.15) is 30.1 Å². The molecular formula is C15H20BrNO2. The Morgan fingerprint density at radius 2 is 2.26 bits per heavy atom. The summed E-state index contributed by atoms with van der Waals surface area (Å²) >= 11 is 3.52. The molecule has 1 aromatic rings. The Kier molecular flexibility index (Phi) is 5.25. The molecule has 1 saturated heterocycles. The van der Waals surface area contributed by atoms with Crippen LogP contribution in [0.4, 0.5) is 0 Å². The summed E-state index contributed by atoms with van der Waals surface area (Å²) in [7, 11) is 0. The third kappa shape index (κ3) is 3.50. The van der Waals surface area contributed by atoms with E-state index < -0.39 is 0 Å². The van der Waals surface area contributed by atoms with Gasteiger partial charge in [-0.3, -0.25) is 4.79 Å². The lowest BCUT2D eigenvalue weighted by Gasteiger charge is -2.32. The van der Waals surface area contributed by atoms with E-state index in [-0.39, 0.29) is 5.91 Å². The molecule has 1 aliphatic rings. The Hall–Kier alpha value is -1.03. The van der Waals surface area contributed by atoms with Crippen LogP contribution in [0.5, 0.6) is 5.75 Å². The Labute approximate surface area is 123 Å². The highest BCUT2D eigenvalue weighted by Crippen LogP contribution is 2.24. The molecule has 1 atom stereocenters. The van der Waals surface area contributed by atoms with Crippen LogP contribution in [-0.2, 0) is 0 Å². The van der Waals surface area contributed by atoms with Crippen LogP contribution >= 0.6 is 15.9 Å². The van der Waals surface area contributed by atoms with Crippen molar-refractivity contribution in [2.24, 2.45) is 5.92 Å². The van der Waals surface area contributed by atoms with E-state index in [1.54, 1.807) is 0 Å². The van der Waals surface area contributed by atoms with Gasteiger partial charge in [-0.1, -0.05) is 28.1 Å². The van der Waals surface area contributed by atoms with Crippen molar-refractivity contribution in [3.63, 3.8) is 0 Å². The number of halogens is 1. The number of para-hydroxylation sites is 1. The first-order valence-corrected chi connectivity index (χ1v) is 7.95. The van der Waals surface area contributed by atoms with Crippen molar-refractivity contribution < 1.29 is 9.53 Å². The maximum atomic E-state index is 12.6. The van der Waals surface area contributed by atoms with Gasteiger partial charge < -0.3 is 9.64 Å². The minimum Gasteiger partial charge on any atom is -0.493 e. The number of carbonyl (C=O) groups is 1. The van der Waals surface area contributed by atoms with Crippen molar-refractivity contribution in [1.29, 1.82) is 0 Å². The average molecular weight is 326 g/mol. The molecule has 0 N–H and O–H groups in total. The lowest BCUT2D eigenvalue weighted by Crippen LogP contribution is -2.40. The van der Waals surface area contributed by atoms with Crippen molar-refractivity contribution >= 4 is 21.8 Å². The predicted octanol–water partition coefficient (Wildman–Crippen LogP) is 3.33. The van der Waals surface area contributed by atoms with E-state index in [1.807, 2.05) is 36.1 Å². The fraction of sp³-hybridized carbons (Fsp3) is 0.533. The Bertz CT molecular complexity index is 436. The normalized spacial score (nSPS) is 19.3. The number of ether oxygens (including phenoxy) is 1. The van der Waals surface area contributed by atoms with Crippen LogP contribution in [0.15, 0.2) is 24.3 Å². The summed E-state index contributed by atoms with van der Waals surface area (Å²) in [5.41, 5.74) is 0.680. The van der Waals surface area contributed by atoms with Gasteiger partial charge in [0.05, 0.1) is 12.2 Å². The minimum atomic E-state index is 0.0923. The van der Waals surface area contributed by atoms with Gasteiger partial charge in [0, 0.05) is 18.4 Å². The van der Waals surface area contributed by atoms with Gasteiger partial charge in [0.25, 0.3) is 5.91 Å². The summed E-state index contributed by atoms with van der Waals surface area (Å²) in [5.74, 6) is 1.35. The Balaban J connectivity index is 2.14. The van der Waals surface area contributed by atoms with Gasteiger partial charge in [0.2, 0.25) is 0 Å². The van der Waals surface area contributed by atoms with E-state index in [4.69, 9.17) is 4.74 Å². The van der Waals surface area contributed by atoms with E-state index in [2.05, 4.69) is 15.9 Å². The fourth-order valence-electron chi connectivity index (χ4n) is 2.47. The van der Waals surface area contributed by atoms with Gasteiger partial charge in [-0.15, -0.1) is 0 Å². The number of nitrogens with zero attached hydrogens (tertiary/aromatic N) is 1. The smallest absolute Gasteiger partial charge is 0.257 e. The van der Waals surface area contributed by atoms with E-state index in [0.29, 0.717) is 23.8 Å². The molecule has 1 unspecified atom stereocenters. The van der Waals surface area contributed by atoms with Crippen molar-refractivity contribution in [1.82, 2.24) is 4.90 Å². The number of benzene rings is 1. The molecule has 1 aromatic carbocycles. The number of amides is 1. The summed E-state index contributed by atoms with van der Waals surface area (Å²) in [6.45, 7) is 4.20. The molecule has 104 valence electrons. The second kappa shape index (κ2) is 6.94. The van der Waals surface area contributed by atoms with Gasteiger partial charge in [0.1, 0.15) is 5.75 Å². The predicted molar refractivity (Wildman–Crippen MR) is 80.0 cm³/mol. The second-order valence-electron chi connectivity index (χ2n) is 4.84. The monoisotopic (exact) mass is 325 g/mol. The number of rotatable bonds is 4. The van der Waals surface area contributed by atoms with Crippen LogP contribution in [0.3, 0.4) is 0 Å². The molecule has 0 radical (unpaired) electrons. The van der Waals surface area contributed by atoms with Crippen molar-refractivity contribution in [2.75, 3.05) is 25.0 Å². The molecular weight excluding hydrogens is 306 g/mol. The standard InChI is InChI=1S/C15H20BrNO2/c1-2-19-14-8-4-3-7-13(14)15(18)17-9-5-6-12(10-16)11-17/h3-4,7-8,12H,2,5-6,9-11H2,1H3. The van der Waals surface area contributed by atoms with E-state index in [1.165, 1.54) is 6.42 Å². The Morgan fingerprint density at radius 3 is 3.00 bits per heavy atom. The van der Waals surface area contributed by atoms with Crippen molar-refractivity contribution in [3.05, 3.63) is 29.8 Å². The lowest BCUT2D eigenvalue weighted by molar-refractivity contribution is 0.0682. The summed E-state index contributed by atoms with van der Waals surface area (Å²) in [6.07, 6.45) is 2.28. The highest BCUT2D eigenvalue weighted by atomic mass is 79.9. The minimum absolute atomic E-state index is 0.0923. The molecule has 19 heavy (non-hydrogen) atoms. The first-order valence-electron chi connectivity index (χ1n) is 6.83. The fourth-order valence-corrected chi connectivity index (χ4v) is 3.00. The van der Waals surface area contributed by atoms with Gasteiger partial charge in [-0.25, -0.2) is 0 Å². The van der Waals surface area contributed by atoms with Crippen molar-refractivity contribution in [2.45, 2.75) is 19.8 Å². The molecule has 3 nitrogen and oxygen atoms in total. The van der Waals surface area contributed by atoms with E-state index >= 15 is 0 Å². The first kappa shape index (κ1) is 14.4. The molecule has 0 spiro atoms. The van der Waals surface area contributed by atoms with Gasteiger partial charge in [-0.05, 0) is 37.8 Å². The number of hydrogen-bond acceptors (Lipinski definition) is 2. The molecule has 1 aliphatic heterocycles. The molecule has 0 saturated carbocycles. The SMILES string of the molecule is CCOc1ccccc1C(=O)N1CCCC(CBr)C1. The average Bonchev–Trinajstić information content (AvgIpc) is 2.47. The van der Waals surface area contributed by atoms with Crippen molar-refractivity contribution in [3.8, 4) is 5.75 Å². The number of hydrogen-bond donors (Lipinski definition) is 0. The molecule has 2 rings (SSSR count). The van der Waals surface area contributed by atoms with Gasteiger partial charge in [-0.2, -0.15) is 0 Å². The summed E-state index contributed by atoms with van der Waals surface area (Å²) < 4.78 is 5.55. The van der Waals surface area contributed by atoms with Gasteiger partial charge >= 0.3 is 0 Å². The van der Waals surface area contributed by atoms with Crippen LogP contribution in [-0.4, -0.2) is 35.8 Å². The van der Waals surface area contributed by atoms with Crippen LogP contribution in [0.2, 0.25) is 0 Å². The lowest BCUT2D eigenvalue weighted by atomic mass is 9.99. The quantitative estimate of drug-likeness (QED) is 0.795. The number of piperidine rings is 1. The summed E-state index contributed by atoms with van der Waals surface area (Å²) in [6, 6.07) is 7.51. The molecule has 4 heteroatoms. The summed E-state index contributed by atoms with van der Waals surface area (Å²) in [5, 5.41) is 0.962. The van der Waals surface area contributed by atoms with Crippen LogP contribution in [0.25, 0.3) is 0 Å². The molecule has 0 aromatic heterocycles. The maximum absolute atomic E-state index is 12.6. The highest BCUT2D eigenvalue weighted by molar-refractivity contribution is 9.09. The molecule has 0 bridgehead atoms. The zero-order valence-electron chi connectivity index (χ0n) is 11.3. The van der Waals surface area contributed by atoms with E-state index in [9.17, 15) is 4.79 Å². The zero-order valence-corrected chi connectivity index (χ0v) is 12.9. The largest absolute Gasteiger partial charge is 0.493 e. The van der Waals surface area contributed by atoms with Crippen LogP contribution < -0.4 is 4.74 Å². The first-order chi connectivity index (χ1) is 9.26. The molecule has 1 amide bonds. The highest BCUT2D eigenvalue weighted by Gasteiger charge is 2.25. The number of alkyl halides is 1. The third-order valence-electron chi connectivity index (χ3n) is 3.44. The van der Waals surface area contributed by atoms with E-state index in [0.717, 1.165) is 24.8 Å². The van der Waals surface area contributed by atoms with Crippen LogP contribution in [0, 0.1) is 5.92 Å². The number of likely N-dealkylation sites (tertiary alicyclic amines) is 1. The summed E-state index contributed by atoms with van der Waals surface area (Å²) in [4.78, 5) is 14.5. The molecule has 0 aliphatic carbocycles. The Morgan fingerprint density at radius 1 is 1.47 bits per heavy atom. The number of carbonyl (C=O) groups excluding carboxylic acids is 1. The second-order valence-corrected chi connectivity index (χ2v) is 5.49.